The molecular formula is C14H19N7O9P2. The summed E-state index contributed by atoms with van der Waals surface area (Å²) in [5.41, 5.74) is 4.82. The van der Waals surface area contributed by atoms with Crippen LogP contribution in [-0.4, -0.2) is 79.7 Å². The maximum atomic E-state index is 12.3. The lowest BCUT2D eigenvalue weighted by Gasteiger charge is -2.20. The van der Waals surface area contributed by atoms with E-state index in [1.54, 1.807) is 0 Å². The number of aliphatic hydroxyl groups excluding tert-OH is 2. The highest BCUT2D eigenvalue weighted by Gasteiger charge is 2.46. The van der Waals surface area contributed by atoms with E-state index < -0.39 is 57.7 Å². The molecule has 4 rings (SSSR count). The lowest BCUT2D eigenvalue weighted by atomic mass is 10.1. The fourth-order valence-electron chi connectivity index (χ4n) is 3.20. The Kier molecular flexibility index (Phi) is 5.81. The summed E-state index contributed by atoms with van der Waals surface area (Å²) in [5.74, 6) is -1.31. The lowest BCUT2D eigenvalue weighted by Crippen LogP contribution is -2.33. The Hall–Kier alpha value is -2.42. The van der Waals surface area contributed by atoms with Crippen molar-refractivity contribution in [3.05, 3.63) is 35.4 Å². The van der Waals surface area contributed by atoms with E-state index in [0.29, 0.717) is 0 Å². The van der Waals surface area contributed by atoms with Crippen molar-refractivity contribution in [2.24, 2.45) is 0 Å². The number of anilines is 1. The smallest absolute Gasteiger partial charge is 0.339 e. The van der Waals surface area contributed by atoms with Crippen LogP contribution in [0.3, 0.4) is 0 Å². The summed E-state index contributed by atoms with van der Waals surface area (Å²) in [6.07, 6.45) is -1.11. The van der Waals surface area contributed by atoms with Crippen LogP contribution >= 0.6 is 15.1 Å². The van der Waals surface area contributed by atoms with Crippen LogP contribution in [0.1, 0.15) is 6.23 Å². The number of imidazole rings is 2. The first-order valence-electron chi connectivity index (χ1n) is 8.99. The number of ether oxygens (including phenoxy) is 1. The van der Waals surface area contributed by atoms with Crippen molar-refractivity contribution in [1.29, 1.82) is 0 Å². The van der Waals surface area contributed by atoms with Gasteiger partial charge in [-0.25, -0.2) is 9.97 Å². The van der Waals surface area contributed by atoms with Crippen molar-refractivity contribution in [3.63, 3.8) is 0 Å². The van der Waals surface area contributed by atoms with E-state index >= 15 is 0 Å². The molecule has 0 aliphatic carbocycles. The molecule has 16 nitrogen and oxygen atoms in total. The molecule has 0 amide bonds. The molecule has 0 radical (unpaired) electrons. The molecule has 2 unspecified atom stereocenters. The van der Waals surface area contributed by atoms with Crippen LogP contribution < -0.4 is 11.3 Å². The zero-order valence-corrected chi connectivity index (χ0v) is 17.9. The number of hydrogen-bond acceptors (Lipinski definition) is 11. The van der Waals surface area contributed by atoms with E-state index in [4.69, 9.17) is 15.0 Å². The number of aromatic amines is 1. The maximum absolute atomic E-state index is 12.3. The van der Waals surface area contributed by atoms with Crippen molar-refractivity contribution in [2.45, 2.75) is 24.5 Å². The fraction of sp³-hybridized carbons (Fsp3) is 0.429. The van der Waals surface area contributed by atoms with E-state index in [9.17, 15) is 33.9 Å². The van der Waals surface area contributed by atoms with Gasteiger partial charge in [0.05, 0.1) is 12.9 Å². The zero-order valence-electron chi connectivity index (χ0n) is 16.1. The van der Waals surface area contributed by atoms with E-state index in [2.05, 4.69) is 19.9 Å². The average Bonchev–Trinajstić information content (AvgIpc) is 3.41. The van der Waals surface area contributed by atoms with Gasteiger partial charge in [-0.15, -0.1) is 0 Å². The first-order chi connectivity index (χ1) is 15.0. The Labute approximate surface area is 178 Å². The Morgan fingerprint density at radius 3 is 2.69 bits per heavy atom. The first-order valence-corrected chi connectivity index (χ1v) is 12.6. The van der Waals surface area contributed by atoms with Crippen molar-refractivity contribution >= 4 is 32.2 Å². The molecule has 1 aliphatic rings. The highest BCUT2D eigenvalue weighted by atomic mass is 31.2. The number of aromatic nitrogens is 6. The number of fused-ring (bicyclic) bond motifs is 1. The third-order valence-corrected chi connectivity index (χ3v) is 9.13. The van der Waals surface area contributed by atoms with Crippen LogP contribution in [0.5, 0.6) is 0 Å². The molecule has 174 valence electrons. The minimum Gasteiger partial charge on any atom is -0.387 e. The minimum absolute atomic E-state index is 0.0153. The maximum Gasteiger partial charge on any atom is 0.339 e. The third kappa shape index (κ3) is 4.27. The van der Waals surface area contributed by atoms with Gasteiger partial charge in [0.1, 0.15) is 30.5 Å². The highest BCUT2D eigenvalue weighted by Crippen LogP contribution is 2.58. The number of nitrogens with zero attached hydrogens (tertiary/aromatic N) is 5. The lowest BCUT2D eigenvalue weighted by molar-refractivity contribution is -0.0483. The summed E-state index contributed by atoms with van der Waals surface area (Å²) in [7, 11) is -8.91. The Morgan fingerprint density at radius 2 is 2.00 bits per heavy atom. The quantitative estimate of drug-likeness (QED) is 0.205. The van der Waals surface area contributed by atoms with Crippen LogP contribution in [0.25, 0.3) is 11.2 Å². The van der Waals surface area contributed by atoms with Crippen LogP contribution in [-0.2, 0) is 18.4 Å². The number of hydrogen-bond donors (Lipinski definition) is 6. The van der Waals surface area contributed by atoms with Gasteiger partial charge < -0.3 is 35.0 Å². The summed E-state index contributed by atoms with van der Waals surface area (Å²) in [4.78, 5) is 45.6. The van der Waals surface area contributed by atoms with Gasteiger partial charge in [0.15, 0.2) is 17.4 Å². The third-order valence-electron chi connectivity index (χ3n) is 4.72. The summed E-state index contributed by atoms with van der Waals surface area (Å²) < 4.78 is 37.0. The molecule has 18 heteroatoms. The number of rotatable bonds is 7. The Balaban J connectivity index is 1.48. The van der Waals surface area contributed by atoms with Gasteiger partial charge in [0, 0.05) is 12.4 Å². The van der Waals surface area contributed by atoms with E-state index in [0.717, 1.165) is 23.2 Å². The number of nitrogens with two attached hydrogens (primary N) is 1. The molecule has 0 bridgehead atoms. The fourth-order valence-corrected chi connectivity index (χ4v) is 6.84. The largest absolute Gasteiger partial charge is 0.387 e. The predicted octanol–water partition coefficient (Wildman–Crippen LogP) is -1.59. The number of H-pyrrole nitrogens is 1. The normalized spacial score (nSPS) is 27.4. The number of nitrogens with one attached hydrogen (secondary N) is 1. The molecule has 1 saturated heterocycles. The van der Waals surface area contributed by atoms with Crippen LogP contribution in [0.15, 0.2) is 29.8 Å². The number of nitrogen functional groups attached to an aromatic ring is 1. The van der Waals surface area contributed by atoms with Gasteiger partial charge in [0.2, 0.25) is 5.95 Å². The molecule has 0 spiro atoms. The second-order valence-electron chi connectivity index (χ2n) is 7.00. The predicted molar refractivity (Wildman–Crippen MR) is 107 cm³/mol. The van der Waals surface area contributed by atoms with Gasteiger partial charge in [-0.3, -0.25) is 27.8 Å². The Bertz CT molecular complexity index is 1280. The molecule has 6 atom stereocenters. The summed E-state index contributed by atoms with van der Waals surface area (Å²) in [5, 5.41) is 20.7. The van der Waals surface area contributed by atoms with Crippen LogP contribution in [0.2, 0.25) is 0 Å². The SMILES string of the molecule is Nc1nc2c(ncn2[C@@H]2O[C@H](COP(=O)(O)CP(=O)(O)n3ccnc3)[C@@H](O)[C@H]2O)c(=O)[nH]1. The van der Waals surface area contributed by atoms with E-state index in [-0.39, 0.29) is 17.1 Å². The van der Waals surface area contributed by atoms with Gasteiger partial charge in [-0.05, 0) is 0 Å². The van der Waals surface area contributed by atoms with Crippen LogP contribution in [0.4, 0.5) is 5.95 Å². The van der Waals surface area contributed by atoms with Gasteiger partial charge >= 0.3 is 15.1 Å². The van der Waals surface area contributed by atoms with E-state index in [1.165, 1.54) is 10.8 Å². The second kappa shape index (κ2) is 8.17. The van der Waals surface area contributed by atoms with Gasteiger partial charge in [-0.2, -0.15) is 4.98 Å². The Morgan fingerprint density at radius 1 is 1.25 bits per heavy atom. The van der Waals surface area contributed by atoms with Crippen LogP contribution in [0, 0.1) is 0 Å². The molecule has 4 heterocycles. The summed E-state index contributed by atoms with van der Waals surface area (Å²) in [6.45, 7) is -0.685. The monoisotopic (exact) mass is 491 g/mol. The molecule has 0 saturated carbocycles. The standard InChI is InChI=1S/C14H19N7O9P2/c15-14-18-11-8(12(24)19-14)17-5-21(11)13-10(23)9(22)7(30-13)3-29-32(27,28)6-31(25,26)20-2-1-16-4-20/h1-2,4-5,7,9-10,13,22-23H,3,6H2,(H,25,26)(H,27,28)(H3,15,18,19,24)/t7-,9-,10-,13-/m1/s1. The molecule has 7 N–H and O–H groups in total. The minimum atomic E-state index is -4.61. The average molecular weight is 491 g/mol. The van der Waals surface area contributed by atoms with Gasteiger partial charge in [-0.1, -0.05) is 0 Å². The van der Waals surface area contributed by atoms with Crippen molar-refractivity contribution in [3.8, 4) is 0 Å². The highest BCUT2D eigenvalue weighted by molar-refractivity contribution is 7.72. The molecule has 1 aliphatic heterocycles. The van der Waals surface area contributed by atoms with Crippen molar-refractivity contribution in [2.75, 3.05) is 18.2 Å². The van der Waals surface area contributed by atoms with Gasteiger partial charge in [0.25, 0.3) is 5.56 Å². The van der Waals surface area contributed by atoms with Crippen molar-refractivity contribution in [1.82, 2.24) is 28.8 Å². The molecule has 32 heavy (non-hydrogen) atoms. The molecular weight excluding hydrogens is 472 g/mol. The zero-order chi connectivity index (χ0) is 23.3. The molecule has 3 aromatic rings. The number of aliphatic hydroxyl groups is 2. The molecule has 1 fully saturated rings. The molecule has 3 aromatic heterocycles. The summed E-state index contributed by atoms with van der Waals surface area (Å²) in [6, 6.07) is 0. The molecule has 0 aromatic carbocycles. The summed E-state index contributed by atoms with van der Waals surface area (Å²) >= 11 is 0. The van der Waals surface area contributed by atoms with E-state index in [1.807, 2.05) is 0 Å². The topological polar surface area (TPSA) is 241 Å². The van der Waals surface area contributed by atoms with Crippen molar-refractivity contribution < 1.29 is 38.4 Å². The second-order valence-corrected chi connectivity index (χ2v) is 11.5. The first kappa shape index (κ1) is 22.8.